The molecule has 2 aromatic rings. The van der Waals surface area contributed by atoms with Crippen molar-refractivity contribution in [1.29, 1.82) is 0 Å². The van der Waals surface area contributed by atoms with Crippen LogP contribution in [0.2, 0.25) is 5.02 Å². The molecule has 16 heteroatoms. The summed E-state index contributed by atoms with van der Waals surface area (Å²) >= 11 is 6.00. The monoisotopic (exact) mass is 572 g/mol. The van der Waals surface area contributed by atoms with Gasteiger partial charge in [-0.05, 0) is 30.7 Å². The number of fused-ring (bicyclic) bond motifs is 1. The van der Waals surface area contributed by atoms with Gasteiger partial charge in [0.1, 0.15) is 11.4 Å². The molecule has 208 valence electrons. The average molecular weight is 573 g/mol. The second-order valence-electron chi connectivity index (χ2n) is 8.33. The van der Waals surface area contributed by atoms with Gasteiger partial charge in [0.25, 0.3) is 12.3 Å². The number of nitrogens with one attached hydrogen (secondary N) is 3. The number of nitrogens with zero attached hydrogens (tertiary/aromatic N) is 2. The van der Waals surface area contributed by atoms with E-state index in [9.17, 15) is 39.9 Å². The van der Waals surface area contributed by atoms with Crippen LogP contribution in [0.3, 0.4) is 0 Å². The lowest BCUT2D eigenvalue weighted by molar-refractivity contribution is -0.140. The van der Waals surface area contributed by atoms with E-state index in [0.717, 1.165) is 6.07 Å². The van der Waals surface area contributed by atoms with Gasteiger partial charge in [0.15, 0.2) is 0 Å². The largest absolute Gasteiger partial charge is 0.433 e. The normalized spacial score (nSPS) is 19.6. The Kier molecular flexibility index (Phi) is 9.02. The minimum Gasteiger partial charge on any atom is -0.394 e. The van der Waals surface area contributed by atoms with Crippen LogP contribution in [-0.4, -0.2) is 61.4 Å². The molecule has 2 atom stereocenters. The first-order valence-corrected chi connectivity index (χ1v) is 11.3. The van der Waals surface area contributed by atoms with E-state index in [-0.39, 0.29) is 35.7 Å². The maximum absolute atomic E-state index is 13.4. The van der Waals surface area contributed by atoms with Gasteiger partial charge < -0.3 is 21.7 Å². The van der Waals surface area contributed by atoms with Gasteiger partial charge >= 0.3 is 12.4 Å². The highest BCUT2D eigenvalue weighted by Gasteiger charge is 2.37. The zero-order chi connectivity index (χ0) is 28.3. The molecule has 0 unspecified atom stereocenters. The van der Waals surface area contributed by atoms with Crippen molar-refractivity contribution in [2.75, 3.05) is 25.0 Å². The number of carbonyl (C=O) groups is 1. The number of rotatable bonds is 7. The lowest BCUT2D eigenvalue weighted by atomic mass is 10.0. The Morgan fingerprint density at radius 1 is 1.18 bits per heavy atom. The first kappa shape index (κ1) is 29.4. The molecule has 1 saturated heterocycles. The summed E-state index contributed by atoms with van der Waals surface area (Å²) < 4.78 is 104. The quantitative estimate of drug-likeness (QED) is 0.225. The van der Waals surface area contributed by atoms with Crippen LogP contribution in [0.1, 0.15) is 12.1 Å². The molecule has 38 heavy (non-hydrogen) atoms. The summed E-state index contributed by atoms with van der Waals surface area (Å²) in [7, 11) is 0. The second kappa shape index (κ2) is 11.7. The van der Waals surface area contributed by atoms with E-state index < -0.39 is 60.3 Å². The van der Waals surface area contributed by atoms with Crippen molar-refractivity contribution in [3.8, 4) is 0 Å². The summed E-state index contributed by atoms with van der Waals surface area (Å²) in [6.07, 6.45) is -12.4. The van der Waals surface area contributed by atoms with E-state index >= 15 is 0 Å². The number of amides is 1. The van der Waals surface area contributed by atoms with E-state index in [1.165, 1.54) is 18.2 Å². The number of hydrogen-bond donors (Lipinski definition) is 4. The predicted molar refractivity (Wildman–Crippen MR) is 125 cm³/mol. The van der Waals surface area contributed by atoms with Gasteiger partial charge in [-0.1, -0.05) is 11.6 Å². The van der Waals surface area contributed by atoms with Crippen molar-refractivity contribution < 1.29 is 39.9 Å². The third-order valence-corrected chi connectivity index (χ3v) is 5.65. The summed E-state index contributed by atoms with van der Waals surface area (Å²) in [5, 5.41) is 8.77. The number of aliphatic imine (C=N–C) groups is 1. The Labute approximate surface area is 215 Å². The molecule has 7 nitrogen and oxygen atoms in total. The topological polar surface area (TPSA) is 104 Å². The van der Waals surface area contributed by atoms with Gasteiger partial charge in [0.05, 0.1) is 17.6 Å². The van der Waals surface area contributed by atoms with Crippen LogP contribution < -0.4 is 21.7 Å². The SMILES string of the molecule is NC(=C(C=NCC(F)F)C(=O)N[C@@H]1CNC[C@H](Nc2cc(C(F)(F)F)nc3ccc(Cl)cc23)C1)C(F)(F)F. The molecule has 0 saturated carbocycles. The number of anilines is 1. The molecular formula is C22H21ClF8N6O. The molecule has 1 amide bonds. The molecular weight excluding hydrogens is 552 g/mol. The van der Waals surface area contributed by atoms with E-state index in [1.54, 1.807) is 0 Å². The first-order valence-electron chi connectivity index (χ1n) is 11.0. The highest BCUT2D eigenvalue weighted by atomic mass is 35.5. The van der Waals surface area contributed by atoms with Gasteiger partial charge in [-0.2, -0.15) is 26.3 Å². The third kappa shape index (κ3) is 7.66. The summed E-state index contributed by atoms with van der Waals surface area (Å²) in [6, 6.07) is 3.57. The van der Waals surface area contributed by atoms with Crippen LogP contribution in [0.15, 0.2) is 40.5 Å². The molecule has 1 aromatic heterocycles. The molecule has 0 radical (unpaired) electrons. The minimum absolute atomic E-state index is 0.0286. The van der Waals surface area contributed by atoms with Crippen LogP contribution in [0, 0.1) is 0 Å². The summed E-state index contributed by atoms with van der Waals surface area (Å²) in [4.78, 5) is 19.4. The van der Waals surface area contributed by atoms with E-state index in [1.807, 2.05) is 0 Å². The molecule has 2 heterocycles. The molecule has 0 aliphatic carbocycles. The zero-order valence-corrected chi connectivity index (χ0v) is 20.0. The number of pyridine rings is 1. The number of hydrogen-bond acceptors (Lipinski definition) is 6. The smallest absolute Gasteiger partial charge is 0.394 e. The Balaban J connectivity index is 1.81. The number of allylic oxidation sites excluding steroid dienone is 1. The maximum atomic E-state index is 13.4. The molecule has 3 rings (SSSR count). The van der Waals surface area contributed by atoms with Crippen molar-refractivity contribution in [2.45, 2.75) is 37.3 Å². The Bertz CT molecular complexity index is 1230. The summed E-state index contributed by atoms with van der Waals surface area (Å²) in [5.74, 6) is -1.30. The highest BCUT2D eigenvalue weighted by molar-refractivity contribution is 6.31. The fourth-order valence-corrected chi connectivity index (χ4v) is 3.91. The van der Waals surface area contributed by atoms with Crippen molar-refractivity contribution in [1.82, 2.24) is 15.6 Å². The molecule has 1 aliphatic rings. The van der Waals surface area contributed by atoms with E-state index in [0.29, 0.717) is 11.6 Å². The maximum Gasteiger partial charge on any atom is 0.433 e. The lowest BCUT2D eigenvalue weighted by Crippen LogP contribution is -2.53. The van der Waals surface area contributed by atoms with Crippen LogP contribution in [-0.2, 0) is 11.0 Å². The first-order chi connectivity index (χ1) is 17.6. The van der Waals surface area contributed by atoms with Crippen molar-refractivity contribution in [2.24, 2.45) is 10.7 Å². The van der Waals surface area contributed by atoms with Gasteiger partial charge in [-0.3, -0.25) is 9.79 Å². The Hall–Kier alpha value is -3.20. The number of carbonyl (C=O) groups excluding carboxylic acids is 1. The fourth-order valence-electron chi connectivity index (χ4n) is 3.73. The highest BCUT2D eigenvalue weighted by Crippen LogP contribution is 2.34. The lowest BCUT2D eigenvalue weighted by Gasteiger charge is -2.32. The molecule has 1 aromatic carbocycles. The molecule has 0 bridgehead atoms. The Morgan fingerprint density at radius 3 is 2.50 bits per heavy atom. The summed E-state index contributed by atoms with van der Waals surface area (Å²) in [5.41, 5.74) is 1.02. The number of benzene rings is 1. The summed E-state index contributed by atoms with van der Waals surface area (Å²) in [6.45, 7) is -0.794. The number of piperidine rings is 1. The van der Waals surface area contributed by atoms with E-state index in [4.69, 9.17) is 17.3 Å². The standard InChI is InChI=1S/C22H21ClF8N6O/c23-10-1-2-15-13(3-10)16(5-17(37-15)21(26,27)28)35-11-4-12(7-33-6-11)36-20(38)14(8-34-9-18(24)25)19(32)22(29,30)31/h1-3,5,8,11-12,18,33H,4,6-7,9,32H2,(H,35,37)(H,36,38)/t11-,12+/m1/s1. The third-order valence-electron chi connectivity index (χ3n) is 5.41. The predicted octanol–water partition coefficient (Wildman–Crippen LogP) is 4.28. The van der Waals surface area contributed by atoms with E-state index in [2.05, 4.69) is 25.9 Å². The van der Waals surface area contributed by atoms with Crippen LogP contribution in [0.5, 0.6) is 0 Å². The molecule has 1 fully saturated rings. The van der Waals surface area contributed by atoms with Crippen LogP contribution in [0.4, 0.5) is 40.8 Å². The fraction of sp³-hybridized carbons (Fsp3) is 0.409. The molecule has 1 aliphatic heterocycles. The Morgan fingerprint density at radius 2 is 1.87 bits per heavy atom. The number of nitrogens with two attached hydrogens (primary N) is 1. The van der Waals surface area contributed by atoms with Crippen molar-refractivity contribution in [3.63, 3.8) is 0 Å². The zero-order valence-electron chi connectivity index (χ0n) is 19.2. The van der Waals surface area contributed by atoms with Crippen LogP contribution >= 0.6 is 11.6 Å². The van der Waals surface area contributed by atoms with Gasteiger partial charge in [-0.15, -0.1) is 0 Å². The molecule has 0 spiro atoms. The number of halogens is 9. The van der Waals surface area contributed by atoms with Gasteiger partial charge in [0, 0.05) is 47.5 Å². The van der Waals surface area contributed by atoms with Gasteiger partial charge in [0.2, 0.25) is 0 Å². The number of alkyl halides is 8. The van der Waals surface area contributed by atoms with Gasteiger partial charge in [-0.25, -0.2) is 13.8 Å². The van der Waals surface area contributed by atoms with Crippen molar-refractivity contribution in [3.05, 3.63) is 46.3 Å². The minimum atomic E-state index is -5.13. The second-order valence-corrected chi connectivity index (χ2v) is 8.77. The van der Waals surface area contributed by atoms with Crippen LogP contribution in [0.25, 0.3) is 10.9 Å². The van der Waals surface area contributed by atoms with Crippen molar-refractivity contribution >= 4 is 40.3 Å². The average Bonchev–Trinajstić information content (AvgIpc) is 2.80. The number of aromatic nitrogens is 1. The molecule has 5 N–H and O–H groups in total.